The number of pyridine rings is 1. The minimum Gasteiger partial charge on any atom is -0.472 e. The molecule has 0 saturated carbocycles. The molecule has 2 aromatic rings. The van der Waals surface area contributed by atoms with Crippen molar-refractivity contribution >= 4 is 38.6 Å². The van der Waals surface area contributed by atoms with Crippen LogP contribution in [0, 0.1) is 14.8 Å². The van der Waals surface area contributed by atoms with E-state index in [-0.39, 0.29) is 23.9 Å². The van der Waals surface area contributed by atoms with E-state index >= 15 is 0 Å². The van der Waals surface area contributed by atoms with Gasteiger partial charge in [0.2, 0.25) is 21.9 Å². The summed E-state index contributed by atoms with van der Waals surface area (Å²) in [5.74, 6) is -0.739. The minimum absolute atomic E-state index is 0.153. The number of benzene rings is 1. The number of rotatable bonds is 4. The molecule has 1 saturated heterocycles. The van der Waals surface area contributed by atoms with Crippen molar-refractivity contribution in [2.75, 3.05) is 12.8 Å². The molecule has 0 amide bonds. The summed E-state index contributed by atoms with van der Waals surface area (Å²) < 4.78 is 46.5. The number of hydrogen-bond donors (Lipinski definition) is 2. The van der Waals surface area contributed by atoms with Gasteiger partial charge in [-0.05, 0) is 59.3 Å². The lowest BCUT2D eigenvalue weighted by Crippen LogP contribution is -2.61. The lowest BCUT2D eigenvalue weighted by atomic mass is 9.92. The van der Waals surface area contributed by atoms with E-state index in [2.05, 4.69) is 32.9 Å². The van der Waals surface area contributed by atoms with E-state index in [4.69, 9.17) is 10.1 Å². The number of aromatic nitrogens is 1. The molecule has 1 fully saturated rings. The molecule has 1 aromatic heterocycles. The topological polar surface area (TPSA) is 95.4 Å². The fraction of sp³-hybridized carbons (Fsp3) is 0.294. The number of hydrogen-bond acceptors (Lipinski definition) is 5. The van der Waals surface area contributed by atoms with E-state index in [0.29, 0.717) is 11.4 Å². The van der Waals surface area contributed by atoms with E-state index in [1.165, 1.54) is 13.1 Å². The van der Waals surface area contributed by atoms with Gasteiger partial charge in [-0.15, -0.1) is 0 Å². The number of guanidine groups is 1. The highest BCUT2D eigenvalue weighted by molar-refractivity contribution is 14.1. The Morgan fingerprint density at radius 2 is 2.19 bits per heavy atom. The zero-order chi connectivity index (χ0) is 19.8. The first-order valence-corrected chi connectivity index (χ1v) is 10.7. The van der Waals surface area contributed by atoms with Gasteiger partial charge in [0.25, 0.3) is 0 Å². The van der Waals surface area contributed by atoms with Crippen molar-refractivity contribution in [3.63, 3.8) is 0 Å². The van der Waals surface area contributed by atoms with Crippen LogP contribution in [0.1, 0.15) is 18.1 Å². The molecule has 10 heteroatoms. The predicted molar refractivity (Wildman–Crippen MR) is 107 cm³/mol. The third-order valence-corrected chi connectivity index (χ3v) is 7.10. The fourth-order valence-corrected chi connectivity index (χ4v) is 4.81. The molecular formula is C17H18FIN4O3S. The fourth-order valence-electron chi connectivity index (χ4n) is 2.84. The molecule has 2 heterocycles. The van der Waals surface area contributed by atoms with Gasteiger partial charge in [0.1, 0.15) is 12.4 Å². The van der Waals surface area contributed by atoms with Gasteiger partial charge < -0.3 is 10.1 Å². The van der Waals surface area contributed by atoms with Crippen molar-refractivity contribution in [3.8, 4) is 5.88 Å². The molecule has 0 bridgehead atoms. The standard InChI is InChI=1S/C17H18FIN4O3S/c1-17(10-27(24,25)23(2)16(20)22-17)12-8-11(5-6-13(12)18)9-26-15-14(19)4-3-7-21-15/h3-8H,9-10H2,1-2H3,(H2,20,22)/t17-/m0/s1. The lowest BCUT2D eigenvalue weighted by Gasteiger charge is -2.40. The summed E-state index contributed by atoms with van der Waals surface area (Å²) in [6.45, 7) is 1.72. The van der Waals surface area contributed by atoms with Gasteiger partial charge in [0, 0.05) is 18.8 Å². The van der Waals surface area contributed by atoms with Crippen LogP contribution >= 0.6 is 22.6 Å². The molecule has 7 nitrogen and oxygen atoms in total. The summed E-state index contributed by atoms with van der Waals surface area (Å²) in [5, 5.41) is 10.7. The molecule has 1 aromatic carbocycles. The van der Waals surface area contributed by atoms with Crippen LogP contribution in [0.3, 0.4) is 0 Å². The Labute approximate surface area is 170 Å². The van der Waals surface area contributed by atoms with Gasteiger partial charge in [-0.1, -0.05) is 6.07 Å². The lowest BCUT2D eigenvalue weighted by molar-refractivity contribution is 0.290. The van der Waals surface area contributed by atoms with Crippen LogP contribution in [0.5, 0.6) is 5.88 Å². The molecule has 0 radical (unpaired) electrons. The SMILES string of the molecule is CN1C(=N)N[C@](C)(c2cc(COc3ncccc3I)ccc2F)CS1(=O)=O. The van der Waals surface area contributed by atoms with E-state index in [9.17, 15) is 12.8 Å². The Balaban J connectivity index is 1.89. The van der Waals surface area contributed by atoms with Crippen molar-refractivity contribution in [2.45, 2.75) is 19.1 Å². The van der Waals surface area contributed by atoms with Crippen molar-refractivity contribution in [2.24, 2.45) is 0 Å². The van der Waals surface area contributed by atoms with Crippen LogP contribution in [0.25, 0.3) is 0 Å². The third kappa shape index (κ3) is 4.00. The van der Waals surface area contributed by atoms with E-state index in [0.717, 1.165) is 7.88 Å². The van der Waals surface area contributed by atoms with E-state index in [1.807, 2.05) is 6.07 Å². The quantitative estimate of drug-likeness (QED) is 0.624. The summed E-state index contributed by atoms with van der Waals surface area (Å²) >= 11 is 2.11. The van der Waals surface area contributed by atoms with Gasteiger partial charge >= 0.3 is 0 Å². The van der Waals surface area contributed by atoms with Crippen LogP contribution in [0.15, 0.2) is 36.5 Å². The van der Waals surface area contributed by atoms with Crippen molar-refractivity contribution < 1.29 is 17.5 Å². The van der Waals surface area contributed by atoms with Crippen molar-refractivity contribution in [3.05, 3.63) is 57.0 Å². The zero-order valence-electron chi connectivity index (χ0n) is 14.7. The second kappa shape index (κ2) is 7.23. The average molecular weight is 504 g/mol. The number of halogens is 2. The largest absolute Gasteiger partial charge is 0.472 e. The summed E-state index contributed by atoms with van der Waals surface area (Å²) in [6.07, 6.45) is 1.62. The second-order valence-corrected chi connectivity index (χ2v) is 9.59. The first-order valence-electron chi connectivity index (χ1n) is 7.98. The number of nitrogens with zero attached hydrogens (tertiary/aromatic N) is 2. The van der Waals surface area contributed by atoms with Gasteiger partial charge in [-0.3, -0.25) is 5.41 Å². The van der Waals surface area contributed by atoms with Crippen LogP contribution < -0.4 is 10.1 Å². The first-order chi connectivity index (χ1) is 12.6. The molecule has 2 N–H and O–H groups in total. The van der Waals surface area contributed by atoms with Crippen LogP contribution in [0.4, 0.5) is 4.39 Å². The Hall–Kier alpha value is -1.95. The van der Waals surface area contributed by atoms with Gasteiger partial charge in [0.05, 0.1) is 14.9 Å². The van der Waals surface area contributed by atoms with Crippen LogP contribution in [-0.4, -0.2) is 36.5 Å². The summed E-state index contributed by atoms with van der Waals surface area (Å²) in [6, 6.07) is 8.07. The molecule has 0 spiro atoms. The van der Waals surface area contributed by atoms with E-state index < -0.39 is 21.4 Å². The molecule has 1 aliphatic rings. The normalized spacial score (nSPS) is 21.6. The maximum atomic E-state index is 14.5. The van der Waals surface area contributed by atoms with Crippen molar-refractivity contribution in [1.82, 2.24) is 14.6 Å². The Kier molecular flexibility index (Phi) is 5.30. The maximum Gasteiger partial charge on any atom is 0.239 e. The Bertz CT molecular complexity index is 1000. The van der Waals surface area contributed by atoms with Gasteiger partial charge in [0.15, 0.2) is 0 Å². The minimum atomic E-state index is -3.72. The Morgan fingerprint density at radius 3 is 2.85 bits per heavy atom. The Morgan fingerprint density at radius 1 is 1.44 bits per heavy atom. The molecule has 3 rings (SSSR count). The molecule has 1 atom stereocenters. The summed E-state index contributed by atoms with van der Waals surface area (Å²) in [4.78, 5) is 4.15. The smallest absolute Gasteiger partial charge is 0.239 e. The highest BCUT2D eigenvalue weighted by atomic mass is 127. The molecule has 1 aliphatic heterocycles. The second-order valence-electron chi connectivity index (χ2n) is 6.42. The predicted octanol–water partition coefficient (Wildman–Crippen LogP) is 2.42. The first kappa shape index (κ1) is 19.8. The number of nitrogens with one attached hydrogen (secondary N) is 2. The van der Waals surface area contributed by atoms with E-state index in [1.54, 1.807) is 31.3 Å². The van der Waals surface area contributed by atoms with Gasteiger partial charge in [-0.2, -0.15) is 0 Å². The summed E-state index contributed by atoms with van der Waals surface area (Å²) in [5.41, 5.74) is -0.429. The van der Waals surface area contributed by atoms with Crippen LogP contribution in [-0.2, 0) is 22.2 Å². The number of sulfonamides is 1. The monoisotopic (exact) mass is 504 g/mol. The maximum absolute atomic E-state index is 14.5. The third-order valence-electron chi connectivity index (χ3n) is 4.32. The highest BCUT2D eigenvalue weighted by Gasteiger charge is 2.43. The van der Waals surface area contributed by atoms with Crippen molar-refractivity contribution in [1.29, 1.82) is 5.41 Å². The molecule has 0 unspecified atom stereocenters. The van der Waals surface area contributed by atoms with Crippen LogP contribution in [0.2, 0.25) is 0 Å². The molecular weight excluding hydrogens is 486 g/mol. The average Bonchev–Trinajstić information content (AvgIpc) is 2.59. The zero-order valence-corrected chi connectivity index (χ0v) is 17.6. The molecule has 27 heavy (non-hydrogen) atoms. The highest BCUT2D eigenvalue weighted by Crippen LogP contribution is 2.30. The summed E-state index contributed by atoms with van der Waals surface area (Å²) in [7, 11) is -2.43. The number of ether oxygens (including phenoxy) is 1. The molecule has 144 valence electrons. The van der Waals surface area contributed by atoms with Gasteiger partial charge in [-0.25, -0.2) is 22.1 Å². The molecule has 0 aliphatic carbocycles.